The molecule has 0 radical (unpaired) electrons. The van der Waals surface area contributed by atoms with Crippen LogP contribution < -0.4 is 5.73 Å². The number of nitrogens with two attached hydrogens (primary N) is 1. The molecule has 2 fully saturated rings. The van der Waals surface area contributed by atoms with Crippen LogP contribution in [0.15, 0.2) is 28.7 Å². The molecule has 0 amide bonds. The fraction of sp³-hybridized carbons (Fsp3) is 0.647. The van der Waals surface area contributed by atoms with Crippen LogP contribution in [0.1, 0.15) is 56.6 Å². The highest BCUT2D eigenvalue weighted by atomic mass is 79.9. The summed E-state index contributed by atoms with van der Waals surface area (Å²) >= 11 is 3.64. The summed E-state index contributed by atoms with van der Waals surface area (Å²) in [5.41, 5.74) is 7.95. The van der Waals surface area contributed by atoms with Crippen LogP contribution in [-0.4, -0.2) is 12.2 Å². The van der Waals surface area contributed by atoms with Gasteiger partial charge < -0.3 is 10.5 Å². The number of benzene rings is 1. The Balaban J connectivity index is 1.75. The van der Waals surface area contributed by atoms with Gasteiger partial charge in [-0.25, -0.2) is 0 Å². The smallest absolute Gasteiger partial charge is 0.0685 e. The first-order valence-electron chi connectivity index (χ1n) is 7.84. The van der Waals surface area contributed by atoms with Gasteiger partial charge in [0.25, 0.3) is 0 Å². The van der Waals surface area contributed by atoms with Crippen molar-refractivity contribution in [3.8, 4) is 0 Å². The van der Waals surface area contributed by atoms with E-state index in [0.29, 0.717) is 5.92 Å². The highest BCUT2D eigenvalue weighted by Gasteiger charge is 2.40. The van der Waals surface area contributed by atoms with Crippen LogP contribution in [-0.2, 0) is 4.74 Å². The molecular formula is C17H24BrNO. The van der Waals surface area contributed by atoms with Gasteiger partial charge in [-0.3, -0.25) is 0 Å². The summed E-state index contributed by atoms with van der Waals surface area (Å²) in [5, 5.41) is 0. The lowest BCUT2D eigenvalue weighted by Crippen LogP contribution is -2.44. The molecule has 2 unspecified atom stereocenters. The third kappa shape index (κ3) is 2.95. The summed E-state index contributed by atoms with van der Waals surface area (Å²) in [5.74, 6) is 0.542. The molecule has 0 aromatic heterocycles. The number of halogens is 1. The maximum Gasteiger partial charge on any atom is 0.0685 e. The van der Waals surface area contributed by atoms with E-state index in [4.69, 9.17) is 10.5 Å². The Bertz CT molecular complexity index is 451. The zero-order valence-electron chi connectivity index (χ0n) is 12.0. The van der Waals surface area contributed by atoms with Crippen LogP contribution in [0.2, 0.25) is 0 Å². The van der Waals surface area contributed by atoms with E-state index in [1.54, 1.807) is 0 Å². The van der Waals surface area contributed by atoms with Crippen molar-refractivity contribution in [1.29, 1.82) is 0 Å². The second kappa shape index (κ2) is 6.17. The first-order valence-corrected chi connectivity index (χ1v) is 8.63. The van der Waals surface area contributed by atoms with E-state index in [1.807, 2.05) is 6.07 Å². The lowest BCUT2D eigenvalue weighted by molar-refractivity contribution is -0.120. The molecule has 1 spiro atoms. The van der Waals surface area contributed by atoms with Crippen molar-refractivity contribution in [3.05, 3.63) is 34.3 Å². The van der Waals surface area contributed by atoms with E-state index >= 15 is 0 Å². The summed E-state index contributed by atoms with van der Waals surface area (Å²) in [6.45, 7) is 0.878. The Labute approximate surface area is 130 Å². The van der Waals surface area contributed by atoms with Gasteiger partial charge in [-0.15, -0.1) is 0 Å². The second-order valence-corrected chi connectivity index (χ2v) is 7.25. The molecule has 2 nitrogen and oxygen atoms in total. The Kier molecular flexibility index (Phi) is 4.49. The summed E-state index contributed by atoms with van der Waals surface area (Å²) < 4.78 is 7.32. The molecule has 1 saturated carbocycles. The van der Waals surface area contributed by atoms with Gasteiger partial charge in [-0.05, 0) is 43.2 Å². The molecule has 1 saturated heterocycles. The maximum atomic E-state index is 6.57. The van der Waals surface area contributed by atoms with Crippen LogP contribution in [0.5, 0.6) is 0 Å². The summed E-state index contributed by atoms with van der Waals surface area (Å²) in [4.78, 5) is 0. The predicted molar refractivity (Wildman–Crippen MR) is 85.6 cm³/mol. The molecule has 1 aliphatic heterocycles. The number of hydrogen-bond donors (Lipinski definition) is 1. The molecule has 1 aliphatic carbocycles. The lowest BCUT2D eigenvalue weighted by atomic mass is 9.73. The third-order valence-corrected chi connectivity index (χ3v) is 5.79. The fourth-order valence-corrected chi connectivity index (χ4v) is 4.47. The van der Waals surface area contributed by atoms with Gasteiger partial charge in [0.1, 0.15) is 0 Å². The average Bonchev–Trinajstić information content (AvgIpc) is 2.48. The van der Waals surface area contributed by atoms with Gasteiger partial charge in [0.15, 0.2) is 0 Å². The van der Waals surface area contributed by atoms with E-state index in [0.717, 1.165) is 23.9 Å². The van der Waals surface area contributed by atoms with Crippen molar-refractivity contribution in [1.82, 2.24) is 0 Å². The van der Waals surface area contributed by atoms with Crippen LogP contribution in [0, 0.1) is 5.92 Å². The molecule has 3 rings (SSSR count). The average molecular weight is 338 g/mol. The lowest BCUT2D eigenvalue weighted by Gasteiger charge is -2.45. The topological polar surface area (TPSA) is 35.2 Å². The van der Waals surface area contributed by atoms with Gasteiger partial charge in [-0.2, -0.15) is 0 Å². The molecule has 0 bridgehead atoms. The summed E-state index contributed by atoms with van der Waals surface area (Å²) in [6.07, 6.45) is 8.68. The highest BCUT2D eigenvalue weighted by molar-refractivity contribution is 9.10. The first-order chi connectivity index (χ1) is 9.70. The minimum absolute atomic E-state index is 0.119. The van der Waals surface area contributed by atoms with Crippen molar-refractivity contribution in [3.63, 3.8) is 0 Å². The van der Waals surface area contributed by atoms with Crippen LogP contribution in [0.3, 0.4) is 0 Å². The fourth-order valence-electron chi connectivity index (χ4n) is 3.92. The number of rotatable bonds is 2. The molecule has 3 heteroatoms. The number of hydrogen-bond acceptors (Lipinski definition) is 2. The molecular weight excluding hydrogens is 314 g/mol. The van der Waals surface area contributed by atoms with Gasteiger partial charge in [0.2, 0.25) is 0 Å². The standard InChI is InChI=1S/C17H24BrNO/c18-15-7-3-2-6-14(15)16(19)13-8-11-20-17(12-13)9-4-1-5-10-17/h2-3,6-7,13,16H,1,4-5,8-12,19H2. The van der Waals surface area contributed by atoms with Gasteiger partial charge >= 0.3 is 0 Å². The monoisotopic (exact) mass is 337 g/mol. The van der Waals surface area contributed by atoms with Crippen molar-refractivity contribution in [2.75, 3.05) is 6.61 Å². The third-order valence-electron chi connectivity index (χ3n) is 5.07. The van der Waals surface area contributed by atoms with Crippen molar-refractivity contribution in [2.45, 2.75) is 56.6 Å². The number of ether oxygens (including phenoxy) is 1. The van der Waals surface area contributed by atoms with E-state index in [9.17, 15) is 0 Å². The van der Waals surface area contributed by atoms with Gasteiger partial charge in [0.05, 0.1) is 5.60 Å². The minimum atomic E-state index is 0.119. The molecule has 1 heterocycles. The Morgan fingerprint density at radius 2 is 1.95 bits per heavy atom. The summed E-state index contributed by atoms with van der Waals surface area (Å²) in [6, 6.07) is 8.49. The van der Waals surface area contributed by atoms with Crippen LogP contribution in [0.25, 0.3) is 0 Å². The van der Waals surface area contributed by atoms with Crippen LogP contribution >= 0.6 is 15.9 Å². The van der Waals surface area contributed by atoms with Crippen molar-refractivity contribution < 1.29 is 4.74 Å². The zero-order chi connectivity index (χ0) is 14.0. The quantitative estimate of drug-likeness (QED) is 0.857. The molecule has 110 valence electrons. The molecule has 1 aromatic carbocycles. The molecule has 1 aromatic rings. The minimum Gasteiger partial charge on any atom is -0.375 e. The Morgan fingerprint density at radius 3 is 2.70 bits per heavy atom. The van der Waals surface area contributed by atoms with Crippen LogP contribution in [0.4, 0.5) is 0 Å². The second-order valence-electron chi connectivity index (χ2n) is 6.39. The van der Waals surface area contributed by atoms with Gasteiger partial charge in [0, 0.05) is 17.1 Å². The molecule has 2 aliphatic rings. The van der Waals surface area contributed by atoms with E-state index < -0.39 is 0 Å². The molecule has 20 heavy (non-hydrogen) atoms. The molecule has 2 N–H and O–H groups in total. The van der Waals surface area contributed by atoms with Crippen molar-refractivity contribution in [2.24, 2.45) is 11.7 Å². The summed E-state index contributed by atoms with van der Waals surface area (Å²) in [7, 11) is 0. The zero-order valence-corrected chi connectivity index (χ0v) is 13.6. The Morgan fingerprint density at radius 1 is 1.20 bits per heavy atom. The maximum absolute atomic E-state index is 6.57. The Hall–Kier alpha value is -0.380. The van der Waals surface area contributed by atoms with E-state index in [2.05, 4.69) is 34.1 Å². The first kappa shape index (κ1) is 14.6. The largest absolute Gasteiger partial charge is 0.375 e. The van der Waals surface area contributed by atoms with E-state index in [-0.39, 0.29) is 11.6 Å². The normalized spacial score (nSPS) is 27.4. The van der Waals surface area contributed by atoms with Crippen molar-refractivity contribution >= 4 is 15.9 Å². The highest BCUT2D eigenvalue weighted by Crippen LogP contribution is 2.44. The van der Waals surface area contributed by atoms with E-state index in [1.165, 1.54) is 37.7 Å². The SMILES string of the molecule is NC(c1ccccc1Br)C1CCOC2(CCCCC2)C1. The predicted octanol–water partition coefficient (Wildman–Crippen LogP) is 4.58. The van der Waals surface area contributed by atoms with Gasteiger partial charge in [-0.1, -0.05) is 53.4 Å². The molecule has 2 atom stereocenters.